The van der Waals surface area contributed by atoms with Gasteiger partial charge in [-0.2, -0.15) is 0 Å². The summed E-state index contributed by atoms with van der Waals surface area (Å²) in [6, 6.07) is 4.27. The molecule has 1 unspecified atom stereocenters. The normalized spacial score (nSPS) is 23.9. The summed E-state index contributed by atoms with van der Waals surface area (Å²) < 4.78 is 5.47. The summed E-state index contributed by atoms with van der Waals surface area (Å²) in [6.07, 6.45) is 11.0. The number of carbonyl (C=O) groups excluding carboxylic acids is 1. The fraction of sp³-hybridized carbons (Fsp3) is 0.706. The average Bonchev–Trinajstić information content (AvgIpc) is 3.13. The topological polar surface area (TPSA) is 45.5 Å². The van der Waals surface area contributed by atoms with E-state index in [0.717, 1.165) is 38.0 Å². The average molecular weight is 290 g/mol. The Morgan fingerprint density at radius 3 is 2.76 bits per heavy atom. The van der Waals surface area contributed by atoms with Crippen molar-refractivity contribution in [3.63, 3.8) is 0 Å². The fourth-order valence-electron chi connectivity index (χ4n) is 3.61. The van der Waals surface area contributed by atoms with E-state index in [2.05, 4.69) is 10.2 Å². The molecule has 1 N–H and O–H groups in total. The van der Waals surface area contributed by atoms with Gasteiger partial charge in [-0.1, -0.05) is 25.7 Å². The summed E-state index contributed by atoms with van der Waals surface area (Å²) in [4.78, 5) is 15.1. The second-order valence-corrected chi connectivity index (χ2v) is 6.34. The van der Waals surface area contributed by atoms with Crippen LogP contribution in [0.4, 0.5) is 0 Å². The highest BCUT2D eigenvalue weighted by atomic mass is 16.3. The summed E-state index contributed by atoms with van der Waals surface area (Å²) in [5.41, 5.74) is 0. The van der Waals surface area contributed by atoms with Crippen LogP contribution in [-0.4, -0.2) is 29.4 Å². The molecule has 2 heterocycles. The quantitative estimate of drug-likeness (QED) is 0.927. The standard InChI is InChI=1S/C17H26N2O2/c20-17(16-10-2-1-5-11-18-16)19(14-7-3-4-8-14)13-15-9-6-12-21-15/h6,9,12,14,16,18H,1-5,7-8,10-11,13H2. The maximum absolute atomic E-state index is 13.0. The molecular weight excluding hydrogens is 264 g/mol. The molecule has 1 amide bonds. The summed E-state index contributed by atoms with van der Waals surface area (Å²) in [6.45, 7) is 1.59. The van der Waals surface area contributed by atoms with Crippen LogP contribution < -0.4 is 5.32 Å². The van der Waals surface area contributed by atoms with Gasteiger partial charge in [0.05, 0.1) is 18.8 Å². The first-order chi connectivity index (χ1) is 10.3. The first-order valence-corrected chi connectivity index (χ1v) is 8.41. The van der Waals surface area contributed by atoms with E-state index in [1.165, 1.54) is 25.7 Å². The Labute approximate surface area is 126 Å². The van der Waals surface area contributed by atoms with Crippen LogP contribution in [0.25, 0.3) is 0 Å². The Hall–Kier alpha value is -1.29. The number of nitrogens with zero attached hydrogens (tertiary/aromatic N) is 1. The molecule has 0 radical (unpaired) electrons. The van der Waals surface area contributed by atoms with Gasteiger partial charge in [0.1, 0.15) is 5.76 Å². The Bertz CT molecular complexity index is 430. The monoisotopic (exact) mass is 290 g/mol. The molecule has 3 rings (SSSR count). The molecule has 0 spiro atoms. The predicted molar refractivity (Wildman–Crippen MR) is 81.8 cm³/mol. The van der Waals surface area contributed by atoms with E-state index in [9.17, 15) is 4.79 Å². The van der Waals surface area contributed by atoms with Crippen molar-refractivity contribution in [2.24, 2.45) is 0 Å². The molecule has 1 saturated heterocycles. The van der Waals surface area contributed by atoms with Crippen LogP contribution in [0.1, 0.15) is 57.1 Å². The molecule has 1 aromatic rings. The van der Waals surface area contributed by atoms with Crippen molar-refractivity contribution in [3.05, 3.63) is 24.2 Å². The zero-order valence-electron chi connectivity index (χ0n) is 12.7. The Kier molecular flexibility index (Phi) is 4.96. The van der Waals surface area contributed by atoms with Gasteiger partial charge in [-0.25, -0.2) is 0 Å². The van der Waals surface area contributed by atoms with Gasteiger partial charge in [0.15, 0.2) is 0 Å². The number of carbonyl (C=O) groups is 1. The molecule has 4 nitrogen and oxygen atoms in total. The van der Waals surface area contributed by atoms with Crippen LogP contribution in [0.15, 0.2) is 22.8 Å². The van der Waals surface area contributed by atoms with Gasteiger partial charge in [0.2, 0.25) is 5.91 Å². The number of nitrogens with one attached hydrogen (secondary N) is 1. The zero-order chi connectivity index (χ0) is 14.5. The number of amides is 1. The Morgan fingerprint density at radius 1 is 1.19 bits per heavy atom. The maximum atomic E-state index is 13.0. The molecule has 0 aromatic carbocycles. The first-order valence-electron chi connectivity index (χ1n) is 8.41. The molecule has 1 aliphatic carbocycles. The lowest BCUT2D eigenvalue weighted by Gasteiger charge is -2.31. The Balaban J connectivity index is 1.71. The third-order valence-electron chi connectivity index (χ3n) is 4.81. The molecule has 2 fully saturated rings. The second kappa shape index (κ2) is 7.12. The van der Waals surface area contributed by atoms with Crippen molar-refractivity contribution in [1.29, 1.82) is 0 Å². The molecule has 21 heavy (non-hydrogen) atoms. The smallest absolute Gasteiger partial charge is 0.240 e. The van der Waals surface area contributed by atoms with Crippen LogP contribution in [0.5, 0.6) is 0 Å². The minimum absolute atomic E-state index is 0.00284. The minimum Gasteiger partial charge on any atom is -0.467 e. The van der Waals surface area contributed by atoms with Crippen LogP contribution in [0, 0.1) is 0 Å². The molecule has 2 aliphatic rings. The molecule has 1 aliphatic heterocycles. The van der Waals surface area contributed by atoms with Gasteiger partial charge < -0.3 is 14.6 Å². The van der Waals surface area contributed by atoms with E-state index in [1.54, 1.807) is 6.26 Å². The number of rotatable bonds is 4. The third kappa shape index (κ3) is 3.67. The second-order valence-electron chi connectivity index (χ2n) is 6.34. The lowest BCUT2D eigenvalue weighted by atomic mass is 10.1. The van der Waals surface area contributed by atoms with E-state index >= 15 is 0 Å². The third-order valence-corrected chi connectivity index (χ3v) is 4.81. The first kappa shape index (κ1) is 14.6. The van der Waals surface area contributed by atoms with Crippen molar-refractivity contribution in [2.75, 3.05) is 6.54 Å². The molecular formula is C17H26N2O2. The highest BCUT2D eigenvalue weighted by Crippen LogP contribution is 2.26. The zero-order valence-corrected chi connectivity index (χ0v) is 12.7. The maximum Gasteiger partial charge on any atom is 0.240 e. The number of hydrogen-bond donors (Lipinski definition) is 1. The van der Waals surface area contributed by atoms with Crippen LogP contribution in [-0.2, 0) is 11.3 Å². The number of furan rings is 1. The van der Waals surface area contributed by atoms with Crippen molar-refractivity contribution in [1.82, 2.24) is 10.2 Å². The van der Waals surface area contributed by atoms with Crippen LogP contribution >= 0.6 is 0 Å². The van der Waals surface area contributed by atoms with Gasteiger partial charge in [-0.3, -0.25) is 4.79 Å². The molecule has 1 saturated carbocycles. The van der Waals surface area contributed by atoms with Gasteiger partial charge in [0.25, 0.3) is 0 Å². The van der Waals surface area contributed by atoms with Crippen LogP contribution in [0.3, 0.4) is 0 Å². The predicted octanol–water partition coefficient (Wildman–Crippen LogP) is 3.08. The van der Waals surface area contributed by atoms with Gasteiger partial charge in [-0.05, 0) is 44.4 Å². The van der Waals surface area contributed by atoms with E-state index in [4.69, 9.17) is 4.42 Å². The molecule has 116 valence electrons. The van der Waals surface area contributed by atoms with Crippen molar-refractivity contribution >= 4 is 5.91 Å². The summed E-state index contributed by atoms with van der Waals surface area (Å²) >= 11 is 0. The van der Waals surface area contributed by atoms with Crippen molar-refractivity contribution in [3.8, 4) is 0 Å². The Morgan fingerprint density at radius 2 is 2.00 bits per heavy atom. The highest BCUT2D eigenvalue weighted by Gasteiger charge is 2.32. The van der Waals surface area contributed by atoms with E-state index in [-0.39, 0.29) is 11.9 Å². The van der Waals surface area contributed by atoms with E-state index in [0.29, 0.717) is 12.6 Å². The summed E-state index contributed by atoms with van der Waals surface area (Å²) in [7, 11) is 0. The van der Waals surface area contributed by atoms with Gasteiger partial charge in [0, 0.05) is 6.04 Å². The van der Waals surface area contributed by atoms with Crippen molar-refractivity contribution in [2.45, 2.75) is 70.0 Å². The minimum atomic E-state index is 0.00284. The molecule has 4 heteroatoms. The van der Waals surface area contributed by atoms with Gasteiger partial charge >= 0.3 is 0 Å². The highest BCUT2D eigenvalue weighted by molar-refractivity contribution is 5.82. The summed E-state index contributed by atoms with van der Waals surface area (Å²) in [5, 5.41) is 3.44. The lowest BCUT2D eigenvalue weighted by Crippen LogP contribution is -2.49. The molecule has 0 bridgehead atoms. The largest absolute Gasteiger partial charge is 0.467 e. The van der Waals surface area contributed by atoms with E-state index < -0.39 is 0 Å². The van der Waals surface area contributed by atoms with E-state index in [1.807, 2.05) is 12.1 Å². The van der Waals surface area contributed by atoms with Gasteiger partial charge in [-0.15, -0.1) is 0 Å². The summed E-state index contributed by atoms with van der Waals surface area (Å²) in [5.74, 6) is 1.17. The molecule has 1 aromatic heterocycles. The lowest BCUT2D eigenvalue weighted by molar-refractivity contribution is -0.136. The van der Waals surface area contributed by atoms with Crippen molar-refractivity contribution < 1.29 is 9.21 Å². The molecule has 1 atom stereocenters. The van der Waals surface area contributed by atoms with Crippen LogP contribution in [0.2, 0.25) is 0 Å². The SMILES string of the molecule is O=C(C1CCCCCN1)N(Cc1ccco1)C1CCCC1. The number of hydrogen-bond acceptors (Lipinski definition) is 3. The fourth-order valence-corrected chi connectivity index (χ4v) is 3.61.